The topological polar surface area (TPSA) is 38.0 Å². The fourth-order valence-electron chi connectivity index (χ4n) is 3.74. The van der Waals surface area contributed by atoms with Crippen LogP contribution in [0.3, 0.4) is 0 Å². The molecule has 0 bridgehead atoms. The Morgan fingerprint density at radius 2 is 1.67 bits per heavy atom. The lowest BCUT2D eigenvalue weighted by atomic mass is 9.70. The van der Waals surface area contributed by atoms with Gasteiger partial charge in [0.15, 0.2) is 0 Å². The third-order valence-corrected chi connectivity index (χ3v) is 5.62. The molecule has 0 aromatic rings. The molecule has 0 heterocycles. The molecule has 2 aliphatic carbocycles. The molecule has 0 aromatic heterocycles. The van der Waals surface area contributed by atoms with Gasteiger partial charge in [-0.2, -0.15) is 0 Å². The van der Waals surface area contributed by atoms with Crippen LogP contribution in [0.15, 0.2) is 0 Å². The zero-order valence-corrected chi connectivity index (χ0v) is 12.4. The van der Waals surface area contributed by atoms with Gasteiger partial charge >= 0.3 is 0 Å². The molecule has 0 spiro atoms. The van der Waals surface area contributed by atoms with E-state index in [1.165, 1.54) is 57.8 Å². The lowest BCUT2D eigenvalue weighted by Gasteiger charge is -2.43. The second-order valence-corrected chi connectivity index (χ2v) is 7.36. The maximum atomic E-state index is 6.10. The number of nitrogens with two attached hydrogens (primary N) is 1. The van der Waals surface area contributed by atoms with Crippen LogP contribution >= 0.6 is 0 Å². The van der Waals surface area contributed by atoms with E-state index >= 15 is 0 Å². The van der Waals surface area contributed by atoms with Crippen LogP contribution < -0.4 is 11.1 Å². The van der Waals surface area contributed by atoms with Crippen LogP contribution in [0.25, 0.3) is 0 Å². The highest BCUT2D eigenvalue weighted by atomic mass is 15.0. The van der Waals surface area contributed by atoms with Crippen molar-refractivity contribution >= 4 is 0 Å². The van der Waals surface area contributed by atoms with E-state index in [9.17, 15) is 0 Å². The van der Waals surface area contributed by atoms with Crippen molar-refractivity contribution in [2.24, 2.45) is 17.1 Å². The average molecular weight is 252 g/mol. The summed E-state index contributed by atoms with van der Waals surface area (Å²) in [6.45, 7) is 6.81. The predicted molar refractivity (Wildman–Crippen MR) is 78.6 cm³/mol. The maximum Gasteiger partial charge on any atom is 0.0153 e. The summed E-state index contributed by atoms with van der Waals surface area (Å²) in [5.74, 6) is 0.912. The van der Waals surface area contributed by atoms with Gasteiger partial charge in [0.2, 0.25) is 0 Å². The summed E-state index contributed by atoms with van der Waals surface area (Å²) in [6, 6.07) is 0. The van der Waals surface area contributed by atoms with E-state index in [1.807, 2.05) is 0 Å². The highest BCUT2D eigenvalue weighted by Crippen LogP contribution is 2.38. The molecule has 3 N–H and O–H groups in total. The van der Waals surface area contributed by atoms with Crippen LogP contribution in [0.4, 0.5) is 0 Å². The molecule has 0 aliphatic heterocycles. The van der Waals surface area contributed by atoms with Crippen molar-refractivity contribution in [3.63, 3.8) is 0 Å². The predicted octanol–water partition coefficient (Wildman–Crippen LogP) is 3.45. The molecule has 106 valence electrons. The van der Waals surface area contributed by atoms with Gasteiger partial charge in [-0.15, -0.1) is 0 Å². The second-order valence-electron chi connectivity index (χ2n) is 7.36. The molecular formula is C16H32N2. The largest absolute Gasteiger partial charge is 0.330 e. The third kappa shape index (κ3) is 3.48. The fraction of sp³-hybridized carbons (Fsp3) is 1.00. The van der Waals surface area contributed by atoms with Crippen molar-refractivity contribution in [3.8, 4) is 0 Å². The van der Waals surface area contributed by atoms with Gasteiger partial charge in [-0.05, 0) is 50.5 Å². The van der Waals surface area contributed by atoms with E-state index in [1.54, 1.807) is 0 Å². The summed E-state index contributed by atoms with van der Waals surface area (Å²) in [5.41, 5.74) is 6.89. The summed E-state index contributed by atoms with van der Waals surface area (Å²) in [7, 11) is 0. The van der Waals surface area contributed by atoms with Gasteiger partial charge in [0, 0.05) is 12.1 Å². The number of nitrogens with one attached hydrogen (secondary N) is 1. The van der Waals surface area contributed by atoms with Crippen molar-refractivity contribution in [2.75, 3.05) is 13.1 Å². The van der Waals surface area contributed by atoms with Crippen LogP contribution in [0.1, 0.15) is 71.6 Å². The van der Waals surface area contributed by atoms with Crippen LogP contribution in [-0.2, 0) is 0 Å². The highest BCUT2D eigenvalue weighted by molar-refractivity contribution is 4.93. The summed E-state index contributed by atoms with van der Waals surface area (Å²) in [4.78, 5) is 0. The van der Waals surface area contributed by atoms with Crippen LogP contribution in [0.5, 0.6) is 0 Å². The van der Waals surface area contributed by atoms with Gasteiger partial charge in [-0.3, -0.25) is 0 Å². The van der Waals surface area contributed by atoms with Gasteiger partial charge in [0.25, 0.3) is 0 Å². The van der Waals surface area contributed by atoms with E-state index < -0.39 is 0 Å². The summed E-state index contributed by atoms with van der Waals surface area (Å²) < 4.78 is 0. The quantitative estimate of drug-likeness (QED) is 0.804. The maximum absolute atomic E-state index is 6.10. The molecule has 0 aromatic carbocycles. The van der Waals surface area contributed by atoms with E-state index in [0.717, 1.165) is 19.0 Å². The van der Waals surface area contributed by atoms with E-state index in [4.69, 9.17) is 5.73 Å². The number of rotatable bonds is 4. The third-order valence-electron chi connectivity index (χ3n) is 5.62. The van der Waals surface area contributed by atoms with Crippen LogP contribution in [0, 0.1) is 11.3 Å². The SMILES string of the molecule is CC1CCC(CN)(CNC2(C)CCCCC2)CC1. The Morgan fingerprint density at radius 1 is 1.06 bits per heavy atom. The molecule has 0 atom stereocenters. The van der Waals surface area contributed by atoms with Crippen molar-refractivity contribution in [3.05, 3.63) is 0 Å². The Morgan fingerprint density at radius 3 is 2.22 bits per heavy atom. The monoisotopic (exact) mass is 252 g/mol. The molecule has 2 fully saturated rings. The highest BCUT2D eigenvalue weighted by Gasteiger charge is 2.35. The Balaban J connectivity index is 1.86. The molecule has 0 saturated heterocycles. The fourth-order valence-corrected chi connectivity index (χ4v) is 3.74. The molecule has 2 aliphatic rings. The standard InChI is InChI=1S/C16H32N2/c1-14-6-10-16(12-17,11-7-14)13-18-15(2)8-4-3-5-9-15/h14,18H,3-13,17H2,1-2H3. The minimum absolute atomic E-state index is 0.392. The lowest BCUT2D eigenvalue weighted by Crippen LogP contribution is -2.51. The molecular weight excluding hydrogens is 220 g/mol. The molecule has 2 nitrogen and oxygen atoms in total. The molecule has 18 heavy (non-hydrogen) atoms. The zero-order chi connectivity index (χ0) is 13.1. The summed E-state index contributed by atoms with van der Waals surface area (Å²) >= 11 is 0. The van der Waals surface area contributed by atoms with Gasteiger partial charge < -0.3 is 11.1 Å². The van der Waals surface area contributed by atoms with Gasteiger partial charge in [0.1, 0.15) is 0 Å². The minimum Gasteiger partial charge on any atom is -0.330 e. The number of hydrogen-bond donors (Lipinski definition) is 2. The molecule has 2 heteroatoms. The first-order valence-corrected chi connectivity index (χ1v) is 8.03. The Labute approximate surface area is 113 Å². The van der Waals surface area contributed by atoms with E-state index in [2.05, 4.69) is 19.2 Å². The van der Waals surface area contributed by atoms with Crippen molar-refractivity contribution in [2.45, 2.75) is 77.2 Å². The van der Waals surface area contributed by atoms with Crippen molar-refractivity contribution in [1.82, 2.24) is 5.32 Å². The second kappa shape index (κ2) is 5.92. The summed E-state index contributed by atoms with van der Waals surface area (Å²) in [5, 5.41) is 3.89. The first kappa shape index (κ1) is 14.3. The van der Waals surface area contributed by atoms with Gasteiger partial charge in [-0.1, -0.05) is 39.0 Å². The van der Waals surface area contributed by atoms with E-state index in [-0.39, 0.29) is 0 Å². The van der Waals surface area contributed by atoms with E-state index in [0.29, 0.717) is 11.0 Å². The first-order chi connectivity index (χ1) is 8.58. The molecule has 0 amide bonds. The smallest absolute Gasteiger partial charge is 0.0153 e. The summed E-state index contributed by atoms with van der Waals surface area (Å²) in [6.07, 6.45) is 12.3. The Hall–Kier alpha value is -0.0800. The normalized spacial score (nSPS) is 36.5. The average Bonchev–Trinajstić information content (AvgIpc) is 2.40. The number of hydrogen-bond acceptors (Lipinski definition) is 2. The van der Waals surface area contributed by atoms with Crippen molar-refractivity contribution < 1.29 is 0 Å². The lowest BCUT2D eigenvalue weighted by molar-refractivity contribution is 0.132. The zero-order valence-electron chi connectivity index (χ0n) is 12.4. The minimum atomic E-state index is 0.392. The first-order valence-electron chi connectivity index (χ1n) is 8.03. The molecule has 0 unspecified atom stereocenters. The van der Waals surface area contributed by atoms with Gasteiger partial charge in [-0.25, -0.2) is 0 Å². The van der Waals surface area contributed by atoms with Crippen LogP contribution in [-0.4, -0.2) is 18.6 Å². The van der Waals surface area contributed by atoms with Gasteiger partial charge in [0.05, 0.1) is 0 Å². The van der Waals surface area contributed by atoms with Crippen LogP contribution in [0.2, 0.25) is 0 Å². The Bertz CT molecular complexity index is 248. The molecule has 2 rings (SSSR count). The molecule has 0 radical (unpaired) electrons. The van der Waals surface area contributed by atoms with Crippen molar-refractivity contribution in [1.29, 1.82) is 0 Å². The molecule has 2 saturated carbocycles. The Kier molecular flexibility index (Phi) is 4.71.